The van der Waals surface area contributed by atoms with Crippen LogP contribution in [-0.4, -0.2) is 50.2 Å². The van der Waals surface area contributed by atoms with Crippen LogP contribution in [0.15, 0.2) is 6.20 Å². The van der Waals surface area contributed by atoms with Crippen molar-refractivity contribution in [3.8, 4) is 10.6 Å². The second kappa shape index (κ2) is 7.38. The van der Waals surface area contributed by atoms with Crippen LogP contribution >= 0.6 is 11.3 Å². The lowest BCUT2D eigenvalue weighted by Crippen LogP contribution is -2.42. The molecule has 4 heterocycles. The fourth-order valence-electron chi connectivity index (χ4n) is 3.66. The summed E-state index contributed by atoms with van der Waals surface area (Å²) in [6.07, 6.45) is 1.18. The Labute approximate surface area is 166 Å². The molecular weight excluding hydrogens is 381 g/mol. The molecule has 0 spiro atoms. The van der Waals surface area contributed by atoms with E-state index in [1.807, 2.05) is 18.7 Å². The predicted octanol–water partition coefficient (Wildman–Crippen LogP) is 3.22. The molecule has 0 saturated carbocycles. The smallest absolute Gasteiger partial charge is 0.223 e. The molecule has 0 aliphatic carbocycles. The van der Waals surface area contributed by atoms with E-state index in [-0.39, 0.29) is 18.3 Å². The van der Waals surface area contributed by atoms with Crippen LogP contribution < -0.4 is 5.32 Å². The number of rotatable bonds is 4. The van der Waals surface area contributed by atoms with Crippen LogP contribution in [-0.2, 0) is 11.8 Å². The van der Waals surface area contributed by atoms with Crippen molar-refractivity contribution in [1.29, 1.82) is 0 Å². The third kappa shape index (κ3) is 3.27. The van der Waals surface area contributed by atoms with E-state index in [0.29, 0.717) is 24.9 Å². The number of aliphatic hydroxyl groups is 1. The van der Waals surface area contributed by atoms with Gasteiger partial charge in [0.15, 0.2) is 5.82 Å². The first-order valence-corrected chi connectivity index (χ1v) is 10.2. The van der Waals surface area contributed by atoms with Gasteiger partial charge in [0.2, 0.25) is 5.95 Å². The van der Waals surface area contributed by atoms with Crippen molar-refractivity contribution in [2.24, 2.45) is 7.05 Å². The molecule has 1 saturated heterocycles. The van der Waals surface area contributed by atoms with Gasteiger partial charge in [-0.2, -0.15) is 5.10 Å². The molecule has 3 aromatic rings. The van der Waals surface area contributed by atoms with Gasteiger partial charge in [0.05, 0.1) is 40.2 Å². The summed E-state index contributed by atoms with van der Waals surface area (Å²) >= 11 is 1.51. The second-order valence-corrected chi connectivity index (χ2v) is 8.49. The number of aliphatic hydroxyl groups excluding tert-OH is 1. The normalized spacial score (nSPS) is 20.2. The van der Waals surface area contributed by atoms with Crippen LogP contribution in [0.2, 0.25) is 0 Å². The number of hydrogen-bond donors (Lipinski definition) is 2. The summed E-state index contributed by atoms with van der Waals surface area (Å²) in [6, 6.07) is -0.217. The lowest BCUT2D eigenvalue weighted by Gasteiger charge is -2.28. The van der Waals surface area contributed by atoms with Crippen molar-refractivity contribution in [3.63, 3.8) is 0 Å². The van der Waals surface area contributed by atoms with E-state index in [1.54, 1.807) is 0 Å². The lowest BCUT2D eigenvalue weighted by atomic mass is 10.1. The number of halogens is 1. The van der Waals surface area contributed by atoms with Gasteiger partial charge in [-0.05, 0) is 24.8 Å². The first kappa shape index (κ1) is 19.2. The summed E-state index contributed by atoms with van der Waals surface area (Å²) in [4.78, 5) is 9.25. The molecule has 9 heteroatoms. The van der Waals surface area contributed by atoms with E-state index < -0.39 is 11.9 Å². The molecule has 2 N–H and O–H groups in total. The molecule has 1 aliphatic rings. The standard InChI is InChI=1S/C19H24FN5O2S/c1-9(2)16-18-14(24-25(16)4)10(3)17(28-18)15-11(20)7-21-19(23-15)22-12-5-6-27-8-13(12)26/h7,9,12-13,26H,5-6,8H2,1-4H3,(H,21,22,23)/t12-,13-/m1/s1. The Morgan fingerprint density at radius 2 is 2.21 bits per heavy atom. The maximum Gasteiger partial charge on any atom is 0.223 e. The fourth-order valence-corrected chi connectivity index (χ4v) is 5.12. The van der Waals surface area contributed by atoms with E-state index in [9.17, 15) is 9.50 Å². The van der Waals surface area contributed by atoms with Gasteiger partial charge in [-0.3, -0.25) is 4.68 Å². The molecule has 3 aromatic heterocycles. The number of thiophene rings is 1. The highest BCUT2D eigenvalue weighted by Crippen LogP contribution is 2.41. The predicted molar refractivity (Wildman–Crippen MR) is 107 cm³/mol. The third-order valence-corrected chi connectivity index (χ3v) is 6.40. The second-order valence-electron chi connectivity index (χ2n) is 7.47. The average Bonchev–Trinajstić information content (AvgIpc) is 3.13. The van der Waals surface area contributed by atoms with Gasteiger partial charge in [0.1, 0.15) is 11.2 Å². The summed E-state index contributed by atoms with van der Waals surface area (Å²) in [6.45, 7) is 7.02. The van der Waals surface area contributed by atoms with E-state index in [0.717, 1.165) is 26.4 Å². The van der Waals surface area contributed by atoms with Crippen molar-refractivity contribution < 1.29 is 14.2 Å². The molecule has 1 fully saturated rings. The Morgan fingerprint density at radius 3 is 2.93 bits per heavy atom. The number of fused-ring (bicyclic) bond motifs is 1. The molecule has 28 heavy (non-hydrogen) atoms. The highest BCUT2D eigenvalue weighted by molar-refractivity contribution is 7.22. The van der Waals surface area contributed by atoms with Crippen LogP contribution in [0.25, 0.3) is 20.8 Å². The zero-order chi connectivity index (χ0) is 20.0. The summed E-state index contributed by atoms with van der Waals surface area (Å²) in [5.41, 5.74) is 3.19. The molecule has 1 aliphatic heterocycles. The van der Waals surface area contributed by atoms with Gasteiger partial charge in [0, 0.05) is 13.7 Å². The van der Waals surface area contributed by atoms with Crippen LogP contribution in [0.4, 0.5) is 10.3 Å². The minimum atomic E-state index is -0.643. The quantitative estimate of drug-likeness (QED) is 0.693. The molecule has 2 atom stereocenters. The molecule has 0 radical (unpaired) electrons. The van der Waals surface area contributed by atoms with Crippen molar-refractivity contribution in [2.45, 2.75) is 45.3 Å². The summed E-state index contributed by atoms with van der Waals surface area (Å²) < 4.78 is 22.8. The minimum absolute atomic E-state index is 0.217. The van der Waals surface area contributed by atoms with E-state index in [4.69, 9.17) is 4.74 Å². The van der Waals surface area contributed by atoms with Crippen LogP contribution in [0.3, 0.4) is 0 Å². The minimum Gasteiger partial charge on any atom is -0.389 e. The summed E-state index contributed by atoms with van der Waals surface area (Å²) in [5.74, 6) is 0.140. The molecule has 150 valence electrons. The monoisotopic (exact) mass is 405 g/mol. The number of aryl methyl sites for hydroxylation is 2. The van der Waals surface area contributed by atoms with Gasteiger partial charge in [-0.15, -0.1) is 11.3 Å². The largest absolute Gasteiger partial charge is 0.389 e. The Bertz CT molecular complexity index is 1020. The highest BCUT2D eigenvalue weighted by Gasteiger charge is 2.26. The Kier molecular flexibility index (Phi) is 5.07. The topological polar surface area (TPSA) is 85.1 Å². The Morgan fingerprint density at radius 1 is 1.43 bits per heavy atom. The Balaban J connectivity index is 1.73. The summed E-state index contributed by atoms with van der Waals surface area (Å²) in [7, 11) is 1.94. The van der Waals surface area contributed by atoms with Crippen molar-refractivity contribution in [3.05, 3.63) is 23.3 Å². The van der Waals surface area contributed by atoms with E-state index in [2.05, 4.69) is 34.2 Å². The SMILES string of the molecule is Cc1c(-c2nc(N[C@@H]3CCOC[C@H]3O)ncc2F)sc2c(C(C)C)n(C)nc12. The number of anilines is 1. The van der Waals surface area contributed by atoms with Crippen LogP contribution in [0.5, 0.6) is 0 Å². The number of ether oxygens (including phenoxy) is 1. The molecule has 0 aromatic carbocycles. The lowest BCUT2D eigenvalue weighted by molar-refractivity contribution is -0.0136. The van der Waals surface area contributed by atoms with Crippen LogP contribution in [0, 0.1) is 12.7 Å². The molecule has 0 amide bonds. The van der Waals surface area contributed by atoms with Crippen molar-refractivity contribution >= 4 is 27.5 Å². The van der Waals surface area contributed by atoms with E-state index >= 15 is 0 Å². The van der Waals surface area contributed by atoms with E-state index in [1.165, 1.54) is 17.5 Å². The summed E-state index contributed by atoms with van der Waals surface area (Å²) in [5, 5.41) is 17.8. The Hall–Kier alpha value is -2.10. The molecule has 4 rings (SSSR count). The molecule has 0 unspecified atom stereocenters. The molecule has 7 nitrogen and oxygen atoms in total. The van der Waals surface area contributed by atoms with Gasteiger partial charge < -0.3 is 15.2 Å². The molecular formula is C19H24FN5O2S. The third-order valence-electron chi connectivity index (χ3n) is 5.09. The van der Waals surface area contributed by atoms with Gasteiger partial charge >= 0.3 is 0 Å². The van der Waals surface area contributed by atoms with Gasteiger partial charge in [-0.25, -0.2) is 14.4 Å². The van der Waals surface area contributed by atoms with Gasteiger partial charge in [-0.1, -0.05) is 13.8 Å². The average molecular weight is 405 g/mol. The first-order valence-electron chi connectivity index (χ1n) is 9.38. The van der Waals surface area contributed by atoms with Crippen molar-refractivity contribution in [1.82, 2.24) is 19.7 Å². The van der Waals surface area contributed by atoms with Crippen LogP contribution in [0.1, 0.15) is 37.4 Å². The number of aromatic nitrogens is 4. The zero-order valence-corrected chi connectivity index (χ0v) is 17.2. The van der Waals surface area contributed by atoms with Gasteiger partial charge in [0.25, 0.3) is 0 Å². The number of hydrogen-bond acceptors (Lipinski definition) is 7. The number of nitrogens with one attached hydrogen (secondary N) is 1. The fraction of sp³-hybridized carbons (Fsp3) is 0.526. The maximum absolute atomic E-state index is 14.6. The van der Waals surface area contributed by atoms with Crippen molar-refractivity contribution in [2.75, 3.05) is 18.5 Å². The molecule has 0 bridgehead atoms. The zero-order valence-electron chi connectivity index (χ0n) is 16.4. The number of nitrogens with zero attached hydrogens (tertiary/aromatic N) is 4. The highest BCUT2D eigenvalue weighted by atomic mass is 32.1. The first-order chi connectivity index (χ1) is 13.4. The maximum atomic E-state index is 14.6.